The molecule has 0 aliphatic carbocycles. The standard InChI is InChI=1S/C14H22ClN3S/c1-10(2)13-16-8-12(11(7-15)17-13)18-5-6-19-14(3,4)9-18/h8,10H,5-7,9H2,1-4H3. The van der Waals surface area contributed by atoms with Gasteiger partial charge in [0, 0.05) is 29.5 Å². The molecule has 1 aromatic heterocycles. The molecule has 2 heterocycles. The van der Waals surface area contributed by atoms with Crippen LogP contribution >= 0.6 is 23.4 Å². The summed E-state index contributed by atoms with van der Waals surface area (Å²) in [5.74, 6) is 2.80. The molecule has 1 fully saturated rings. The van der Waals surface area contributed by atoms with Crippen molar-refractivity contribution >= 4 is 29.1 Å². The zero-order chi connectivity index (χ0) is 14.0. The van der Waals surface area contributed by atoms with Crippen LogP contribution in [-0.4, -0.2) is 33.6 Å². The molecular formula is C14H22ClN3S. The number of nitrogens with zero attached hydrogens (tertiary/aromatic N) is 3. The van der Waals surface area contributed by atoms with E-state index in [9.17, 15) is 0 Å². The third kappa shape index (κ3) is 3.54. The van der Waals surface area contributed by atoms with Crippen LogP contribution in [0.3, 0.4) is 0 Å². The van der Waals surface area contributed by atoms with Crippen LogP contribution in [0.25, 0.3) is 0 Å². The fourth-order valence-corrected chi connectivity index (χ4v) is 3.60. The molecule has 2 rings (SSSR count). The van der Waals surface area contributed by atoms with Crippen LogP contribution in [0.15, 0.2) is 6.20 Å². The van der Waals surface area contributed by atoms with E-state index < -0.39 is 0 Å². The van der Waals surface area contributed by atoms with Crippen LogP contribution in [0.5, 0.6) is 0 Å². The van der Waals surface area contributed by atoms with Gasteiger partial charge in [0.2, 0.25) is 0 Å². The van der Waals surface area contributed by atoms with Gasteiger partial charge >= 0.3 is 0 Å². The van der Waals surface area contributed by atoms with E-state index in [1.165, 1.54) is 0 Å². The van der Waals surface area contributed by atoms with Gasteiger partial charge in [0.1, 0.15) is 5.82 Å². The van der Waals surface area contributed by atoms with Crippen LogP contribution in [0, 0.1) is 0 Å². The summed E-state index contributed by atoms with van der Waals surface area (Å²) in [4.78, 5) is 11.5. The third-order valence-electron chi connectivity index (χ3n) is 3.27. The maximum atomic E-state index is 6.08. The van der Waals surface area contributed by atoms with Gasteiger partial charge in [0.25, 0.3) is 0 Å². The molecule has 5 heteroatoms. The van der Waals surface area contributed by atoms with Crippen LogP contribution in [0.2, 0.25) is 0 Å². The van der Waals surface area contributed by atoms with Crippen molar-refractivity contribution in [3.05, 3.63) is 17.7 Å². The average molecular weight is 300 g/mol. The maximum absolute atomic E-state index is 6.08. The van der Waals surface area contributed by atoms with Crippen molar-refractivity contribution in [2.45, 2.75) is 44.2 Å². The topological polar surface area (TPSA) is 29.0 Å². The fourth-order valence-electron chi connectivity index (χ4n) is 2.29. The first-order valence-corrected chi connectivity index (χ1v) is 8.25. The molecule has 0 spiro atoms. The van der Waals surface area contributed by atoms with E-state index in [1.54, 1.807) is 0 Å². The summed E-state index contributed by atoms with van der Waals surface area (Å²) in [6, 6.07) is 0. The maximum Gasteiger partial charge on any atom is 0.131 e. The van der Waals surface area contributed by atoms with Crippen molar-refractivity contribution in [1.29, 1.82) is 0 Å². The zero-order valence-electron chi connectivity index (χ0n) is 12.1. The van der Waals surface area contributed by atoms with E-state index in [0.29, 0.717) is 11.8 Å². The number of alkyl halides is 1. The number of hydrogen-bond donors (Lipinski definition) is 0. The number of hydrogen-bond acceptors (Lipinski definition) is 4. The fraction of sp³-hybridized carbons (Fsp3) is 0.714. The normalized spacial score (nSPS) is 18.9. The minimum atomic E-state index is 0.276. The highest BCUT2D eigenvalue weighted by molar-refractivity contribution is 8.00. The van der Waals surface area contributed by atoms with Crippen molar-refractivity contribution in [1.82, 2.24) is 9.97 Å². The lowest BCUT2D eigenvalue weighted by Crippen LogP contribution is -2.43. The summed E-state index contributed by atoms with van der Waals surface area (Å²) in [5, 5.41) is 0. The Morgan fingerprint density at radius 2 is 2.21 bits per heavy atom. The van der Waals surface area contributed by atoms with Crippen LogP contribution < -0.4 is 4.90 Å². The van der Waals surface area contributed by atoms with Gasteiger partial charge in [-0.15, -0.1) is 11.6 Å². The summed E-state index contributed by atoms with van der Waals surface area (Å²) >= 11 is 8.10. The molecule has 0 N–H and O–H groups in total. The molecule has 0 saturated carbocycles. The van der Waals surface area contributed by atoms with Crippen LogP contribution in [0.1, 0.15) is 45.1 Å². The highest BCUT2D eigenvalue weighted by Crippen LogP contribution is 2.33. The lowest BCUT2D eigenvalue weighted by Gasteiger charge is -2.39. The second-order valence-electron chi connectivity index (χ2n) is 5.88. The molecule has 19 heavy (non-hydrogen) atoms. The Morgan fingerprint density at radius 1 is 1.47 bits per heavy atom. The van der Waals surface area contributed by atoms with E-state index in [4.69, 9.17) is 11.6 Å². The molecule has 106 valence electrons. The molecule has 0 amide bonds. The molecule has 0 aromatic carbocycles. The second kappa shape index (κ2) is 5.88. The molecular weight excluding hydrogens is 278 g/mol. The molecule has 1 aliphatic heterocycles. The van der Waals surface area contributed by atoms with Gasteiger partial charge in [-0.05, 0) is 13.8 Å². The Bertz CT molecular complexity index is 448. The minimum absolute atomic E-state index is 0.276. The summed E-state index contributed by atoms with van der Waals surface area (Å²) in [6.07, 6.45) is 1.95. The molecule has 0 unspecified atom stereocenters. The predicted molar refractivity (Wildman–Crippen MR) is 84.4 cm³/mol. The Morgan fingerprint density at radius 3 is 2.79 bits per heavy atom. The van der Waals surface area contributed by atoms with Crippen molar-refractivity contribution in [2.75, 3.05) is 23.7 Å². The summed E-state index contributed by atoms with van der Waals surface area (Å²) in [5.41, 5.74) is 2.07. The molecule has 1 aliphatic rings. The van der Waals surface area contributed by atoms with Gasteiger partial charge in [0.05, 0.1) is 23.5 Å². The highest BCUT2D eigenvalue weighted by atomic mass is 35.5. The van der Waals surface area contributed by atoms with Gasteiger partial charge in [0.15, 0.2) is 0 Å². The molecule has 0 radical (unpaired) electrons. The predicted octanol–water partition coefficient (Wildman–Crippen LogP) is 3.67. The van der Waals surface area contributed by atoms with E-state index in [2.05, 4.69) is 42.6 Å². The first-order valence-electron chi connectivity index (χ1n) is 6.73. The molecule has 3 nitrogen and oxygen atoms in total. The van der Waals surface area contributed by atoms with Gasteiger partial charge in [-0.1, -0.05) is 13.8 Å². The average Bonchev–Trinajstić information content (AvgIpc) is 2.36. The lowest BCUT2D eigenvalue weighted by atomic mass is 10.1. The smallest absolute Gasteiger partial charge is 0.131 e. The number of aromatic nitrogens is 2. The highest BCUT2D eigenvalue weighted by Gasteiger charge is 2.28. The number of anilines is 1. The lowest BCUT2D eigenvalue weighted by molar-refractivity contribution is 0.642. The number of thioether (sulfide) groups is 1. The summed E-state index contributed by atoms with van der Waals surface area (Å²) < 4.78 is 0.276. The molecule has 1 aromatic rings. The Labute approximate surface area is 125 Å². The van der Waals surface area contributed by atoms with E-state index in [1.807, 2.05) is 18.0 Å². The van der Waals surface area contributed by atoms with Crippen molar-refractivity contribution in [3.8, 4) is 0 Å². The first kappa shape index (κ1) is 14.9. The Kier molecular flexibility index (Phi) is 4.62. The van der Waals surface area contributed by atoms with Crippen molar-refractivity contribution in [3.63, 3.8) is 0 Å². The largest absolute Gasteiger partial charge is 0.367 e. The SMILES string of the molecule is CC(C)c1ncc(N2CCSC(C)(C)C2)c(CCl)n1. The zero-order valence-corrected chi connectivity index (χ0v) is 13.7. The Balaban J connectivity index is 2.29. The van der Waals surface area contributed by atoms with Gasteiger partial charge in [-0.25, -0.2) is 9.97 Å². The van der Waals surface area contributed by atoms with E-state index in [-0.39, 0.29) is 4.75 Å². The second-order valence-corrected chi connectivity index (χ2v) is 7.95. The number of halogens is 1. The third-order valence-corrected chi connectivity index (χ3v) is 4.82. The van der Waals surface area contributed by atoms with Crippen molar-refractivity contribution in [2.24, 2.45) is 0 Å². The van der Waals surface area contributed by atoms with Gasteiger partial charge in [-0.2, -0.15) is 11.8 Å². The molecule has 0 bridgehead atoms. The van der Waals surface area contributed by atoms with E-state index in [0.717, 1.165) is 36.0 Å². The van der Waals surface area contributed by atoms with E-state index >= 15 is 0 Å². The van der Waals surface area contributed by atoms with Crippen LogP contribution in [0.4, 0.5) is 5.69 Å². The first-order chi connectivity index (χ1) is 8.93. The summed E-state index contributed by atoms with van der Waals surface area (Å²) in [7, 11) is 0. The van der Waals surface area contributed by atoms with Gasteiger partial charge in [-0.3, -0.25) is 0 Å². The molecule has 1 saturated heterocycles. The van der Waals surface area contributed by atoms with Gasteiger partial charge < -0.3 is 4.90 Å². The van der Waals surface area contributed by atoms with Crippen molar-refractivity contribution < 1.29 is 0 Å². The monoisotopic (exact) mass is 299 g/mol. The quantitative estimate of drug-likeness (QED) is 0.796. The minimum Gasteiger partial charge on any atom is -0.367 e. The Hall–Kier alpha value is -0.480. The van der Waals surface area contributed by atoms with Crippen LogP contribution in [-0.2, 0) is 5.88 Å². The summed E-state index contributed by atoms with van der Waals surface area (Å²) in [6.45, 7) is 10.8. The number of rotatable bonds is 3. The molecule has 0 atom stereocenters.